The van der Waals surface area contributed by atoms with Gasteiger partial charge in [0.15, 0.2) is 12.0 Å². The first-order valence-electron chi connectivity index (χ1n) is 8.75. The van der Waals surface area contributed by atoms with E-state index in [1.165, 1.54) is 0 Å². The summed E-state index contributed by atoms with van der Waals surface area (Å²) in [4.78, 5) is 33.0. The van der Waals surface area contributed by atoms with E-state index in [0.717, 1.165) is 0 Å². The minimum absolute atomic E-state index is 0.111. The number of anilines is 1. The number of pyridine rings is 1. The normalized spacial score (nSPS) is 11.3. The van der Waals surface area contributed by atoms with Crippen molar-refractivity contribution in [3.05, 3.63) is 59.4 Å². The molecule has 29 heavy (non-hydrogen) atoms. The van der Waals surface area contributed by atoms with Gasteiger partial charge in [0.1, 0.15) is 0 Å². The number of nitriles is 1. The fourth-order valence-corrected chi connectivity index (χ4v) is 2.33. The van der Waals surface area contributed by atoms with E-state index in [1.807, 2.05) is 0 Å². The van der Waals surface area contributed by atoms with E-state index >= 15 is 0 Å². The third-order valence-corrected chi connectivity index (χ3v) is 4.25. The molecule has 1 heterocycles. The second kappa shape index (κ2) is 10.2. The molecular formula is C20H21ClN6O2. The van der Waals surface area contributed by atoms with Gasteiger partial charge >= 0.3 is 0 Å². The number of hydrogen-bond donors (Lipinski definition) is 3. The summed E-state index contributed by atoms with van der Waals surface area (Å²) in [6, 6.07) is 9.89. The third-order valence-electron chi connectivity index (χ3n) is 4.00. The van der Waals surface area contributed by atoms with E-state index in [0.29, 0.717) is 16.3 Å². The van der Waals surface area contributed by atoms with E-state index in [2.05, 4.69) is 25.9 Å². The maximum Gasteiger partial charge on any atom is 0.251 e. The lowest BCUT2D eigenvalue weighted by Gasteiger charge is -2.21. The number of carbonyl (C=O) groups excluding carboxylic acids is 2. The van der Waals surface area contributed by atoms with Crippen LogP contribution >= 0.6 is 11.6 Å². The molecule has 0 saturated carbocycles. The van der Waals surface area contributed by atoms with Crippen molar-refractivity contribution in [1.29, 1.82) is 5.26 Å². The van der Waals surface area contributed by atoms with Crippen LogP contribution in [0.25, 0.3) is 0 Å². The Morgan fingerprint density at radius 1 is 1.24 bits per heavy atom. The van der Waals surface area contributed by atoms with E-state index in [1.54, 1.807) is 68.8 Å². The molecule has 0 spiro atoms. The Hall–Kier alpha value is -3.44. The minimum Gasteiger partial charge on any atom is -0.345 e. The van der Waals surface area contributed by atoms with E-state index in [-0.39, 0.29) is 30.7 Å². The number of carbonyl (C=O) groups is 2. The second-order valence-electron chi connectivity index (χ2n) is 6.76. The number of benzene rings is 1. The molecule has 2 aromatic rings. The number of amides is 1. The summed E-state index contributed by atoms with van der Waals surface area (Å²) in [7, 11) is 0. The van der Waals surface area contributed by atoms with Gasteiger partial charge in [0.25, 0.3) is 5.91 Å². The monoisotopic (exact) mass is 412 g/mol. The number of nitrogens with zero attached hydrogens (tertiary/aromatic N) is 3. The van der Waals surface area contributed by atoms with Gasteiger partial charge in [0.05, 0.1) is 25.0 Å². The molecule has 9 heteroatoms. The highest BCUT2D eigenvalue weighted by atomic mass is 35.5. The fraction of sp³-hybridized carbons (Fsp3) is 0.250. The van der Waals surface area contributed by atoms with Crippen LogP contribution in [0.15, 0.2) is 53.8 Å². The number of nitrogens with one attached hydrogen (secondary N) is 3. The van der Waals surface area contributed by atoms with Gasteiger partial charge in [0, 0.05) is 22.2 Å². The van der Waals surface area contributed by atoms with Gasteiger partial charge in [-0.2, -0.15) is 5.26 Å². The highest BCUT2D eigenvalue weighted by Gasteiger charge is 2.27. The van der Waals surface area contributed by atoms with Gasteiger partial charge in [-0.3, -0.25) is 24.9 Å². The summed E-state index contributed by atoms with van der Waals surface area (Å²) >= 11 is 5.81. The highest BCUT2D eigenvalue weighted by Crippen LogP contribution is 2.17. The topological polar surface area (TPSA) is 119 Å². The van der Waals surface area contributed by atoms with Crippen molar-refractivity contribution in [3.63, 3.8) is 0 Å². The molecule has 1 aromatic carbocycles. The van der Waals surface area contributed by atoms with Crippen LogP contribution in [0.1, 0.15) is 24.2 Å². The number of aromatic nitrogens is 1. The van der Waals surface area contributed by atoms with Gasteiger partial charge in [-0.05, 0) is 36.4 Å². The minimum atomic E-state index is -0.855. The van der Waals surface area contributed by atoms with Crippen molar-refractivity contribution >= 4 is 34.9 Å². The zero-order chi connectivity index (χ0) is 21.3. The van der Waals surface area contributed by atoms with Crippen LogP contribution in [0.2, 0.25) is 5.02 Å². The lowest BCUT2D eigenvalue weighted by atomic mass is 9.88. The van der Waals surface area contributed by atoms with Crippen LogP contribution in [0.3, 0.4) is 0 Å². The molecule has 3 N–H and O–H groups in total. The number of rotatable bonds is 7. The first-order chi connectivity index (χ1) is 13.8. The number of ketones is 1. The summed E-state index contributed by atoms with van der Waals surface area (Å²) < 4.78 is 0. The predicted molar refractivity (Wildman–Crippen MR) is 111 cm³/mol. The lowest BCUT2D eigenvalue weighted by molar-refractivity contribution is -0.125. The molecule has 2 rings (SSSR count). The molecule has 1 aromatic heterocycles. The van der Waals surface area contributed by atoms with Gasteiger partial charge in [0.2, 0.25) is 5.96 Å². The Balaban J connectivity index is 1.95. The van der Waals surface area contributed by atoms with Crippen molar-refractivity contribution in [3.8, 4) is 6.19 Å². The number of guanidine groups is 1. The summed E-state index contributed by atoms with van der Waals surface area (Å²) in [5, 5.41) is 17.4. The molecule has 0 unspecified atom stereocenters. The smallest absolute Gasteiger partial charge is 0.251 e. The van der Waals surface area contributed by atoms with Gasteiger partial charge in [-0.15, -0.1) is 0 Å². The van der Waals surface area contributed by atoms with Crippen molar-refractivity contribution in [2.24, 2.45) is 10.4 Å². The molecule has 1 amide bonds. The standard InChI is InChI=1S/C20H21ClN6O2/c1-20(2,12-25-19(26-13-22)27-16-4-3-9-23-10-16)17(28)11-24-18(29)14-5-7-15(21)8-6-14/h3-10H,11-12H2,1-2H3,(H,24,29)(H2,25,26,27). The molecule has 0 radical (unpaired) electrons. The van der Waals surface area contributed by atoms with Crippen molar-refractivity contribution in [2.45, 2.75) is 13.8 Å². The first kappa shape index (κ1) is 21.9. The number of halogens is 1. The van der Waals surface area contributed by atoms with Crippen LogP contribution in [-0.2, 0) is 4.79 Å². The third kappa shape index (κ3) is 6.90. The molecule has 0 saturated heterocycles. The Morgan fingerprint density at radius 2 is 1.97 bits per heavy atom. The summed E-state index contributed by atoms with van der Waals surface area (Å²) in [6.07, 6.45) is 5.01. The molecule has 0 aliphatic carbocycles. The van der Waals surface area contributed by atoms with Crippen molar-refractivity contribution in [2.75, 3.05) is 18.4 Å². The molecule has 0 atom stereocenters. The molecule has 0 aliphatic rings. The van der Waals surface area contributed by atoms with Crippen LogP contribution in [0, 0.1) is 16.9 Å². The maximum absolute atomic E-state index is 12.6. The van der Waals surface area contributed by atoms with E-state index in [9.17, 15) is 9.59 Å². The molecule has 0 fully saturated rings. The van der Waals surface area contributed by atoms with E-state index < -0.39 is 5.41 Å². The molecule has 150 valence electrons. The lowest BCUT2D eigenvalue weighted by Crippen LogP contribution is -2.39. The molecule has 0 aliphatic heterocycles. The zero-order valence-electron chi connectivity index (χ0n) is 16.1. The van der Waals surface area contributed by atoms with Crippen LogP contribution in [0.5, 0.6) is 0 Å². The maximum atomic E-state index is 12.6. The average molecular weight is 413 g/mol. The Kier molecular flexibility index (Phi) is 7.69. The summed E-state index contributed by atoms with van der Waals surface area (Å²) in [6.45, 7) is 3.42. The fourth-order valence-electron chi connectivity index (χ4n) is 2.20. The quantitative estimate of drug-likeness (QED) is 0.278. The van der Waals surface area contributed by atoms with Gasteiger partial charge < -0.3 is 10.6 Å². The van der Waals surface area contributed by atoms with Crippen LogP contribution in [-0.4, -0.2) is 35.7 Å². The first-order valence-corrected chi connectivity index (χ1v) is 9.13. The Bertz CT molecular complexity index is 920. The summed E-state index contributed by atoms with van der Waals surface area (Å²) in [5.74, 6) is -0.354. The number of Topliss-reactive ketones (excluding diaryl/α,β-unsaturated/α-hetero) is 1. The SMILES string of the molecule is CC(C)(CN=C(NC#N)Nc1cccnc1)C(=O)CNC(=O)c1ccc(Cl)cc1. The van der Waals surface area contributed by atoms with Gasteiger partial charge in [-0.1, -0.05) is 25.4 Å². The zero-order valence-corrected chi connectivity index (χ0v) is 16.8. The summed E-state index contributed by atoms with van der Waals surface area (Å²) in [5.41, 5.74) is 0.208. The Labute approximate surface area is 174 Å². The van der Waals surface area contributed by atoms with Crippen molar-refractivity contribution in [1.82, 2.24) is 15.6 Å². The Morgan fingerprint density at radius 3 is 2.59 bits per heavy atom. The largest absolute Gasteiger partial charge is 0.345 e. The van der Waals surface area contributed by atoms with Crippen LogP contribution < -0.4 is 16.0 Å². The highest BCUT2D eigenvalue weighted by molar-refractivity contribution is 6.30. The van der Waals surface area contributed by atoms with Crippen molar-refractivity contribution < 1.29 is 9.59 Å². The van der Waals surface area contributed by atoms with Crippen LogP contribution in [0.4, 0.5) is 5.69 Å². The predicted octanol–water partition coefficient (Wildman–Crippen LogP) is 2.60. The second-order valence-corrected chi connectivity index (χ2v) is 7.20. The van der Waals surface area contributed by atoms with Gasteiger partial charge in [-0.25, -0.2) is 0 Å². The molecule has 0 bridgehead atoms. The number of aliphatic imine (C=N–C) groups is 1. The average Bonchev–Trinajstić information content (AvgIpc) is 2.71. The molecule has 8 nitrogen and oxygen atoms in total. The number of hydrogen-bond acceptors (Lipinski definition) is 5. The molecular weight excluding hydrogens is 392 g/mol. The van der Waals surface area contributed by atoms with E-state index in [4.69, 9.17) is 16.9 Å².